The average Bonchev–Trinajstić information content (AvgIpc) is 3.02. The Labute approximate surface area is 194 Å². The smallest absolute Gasteiger partial charge is 0.338 e. The van der Waals surface area contributed by atoms with Crippen LogP contribution in [0.2, 0.25) is 0 Å². The van der Waals surface area contributed by atoms with Gasteiger partial charge >= 0.3 is 11.9 Å². The first-order valence-electron chi connectivity index (χ1n) is 11.4. The van der Waals surface area contributed by atoms with Crippen molar-refractivity contribution < 1.29 is 28.2 Å². The molecule has 0 saturated carbocycles. The number of hydrogen-bond acceptors (Lipinski definition) is 4. The van der Waals surface area contributed by atoms with E-state index < -0.39 is 36.4 Å². The summed E-state index contributed by atoms with van der Waals surface area (Å²) in [5, 5.41) is 10.3. The van der Waals surface area contributed by atoms with Gasteiger partial charge in [0.2, 0.25) is 0 Å². The fourth-order valence-electron chi connectivity index (χ4n) is 3.82. The van der Waals surface area contributed by atoms with Gasteiger partial charge in [-0.3, -0.25) is 4.79 Å². The number of aliphatic hydroxyl groups excluding tert-OH is 1. The van der Waals surface area contributed by atoms with Crippen molar-refractivity contribution in [1.82, 2.24) is 4.90 Å². The second kappa shape index (κ2) is 11.9. The van der Waals surface area contributed by atoms with Crippen LogP contribution in [0.1, 0.15) is 61.5 Å². The Morgan fingerprint density at radius 1 is 1.36 bits per heavy atom. The monoisotopic (exact) mass is 461 g/mol. The minimum Gasteiger partial charge on any atom is -0.465 e. The molecular formula is C26H33F2NO4. The molecule has 180 valence electrons. The summed E-state index contributed by atoms with van der Waals surface area (Å²) in [6.07, 6.45) is 3.77. The molecule has 1 amide bonds. The van der Waals surface area contributed by atoms with Crippen LogP contribution in [0.3, 0.4) is 0 Å². The normalized spacial score (nSPS) is 19.3. The van der Waals surface area contributed by atoms with Gasteiger partial charge in [0.05, 0.1) is 24.8 Å². The molecular weight excluding hydrogens is 428 g/mol. The number of amides is 1. The quantitative estimate of drug-likeness (QED) is 0.341. The van der Waals surface area contributed by atoms with Crippen LogP contribution in [-0.2, 0) is 22.4 Å². The Morgan fingerprint density at radius 3 is 2.73 bits per heavy atom. The summed E-state index contributed by atoms with van der Waals surface area (Å²) >= 11 is 0. The third-order valence-corrected chi connectivity index (χ3v) is 5.88. The molecule has 0 bridgehead atoms. The number of aliphatic hydroxyl groups is 1. The lowest BCUT2D eigenvalue weighted by molar-refractivity contribution is -0.148. The molecule has 1 aromatic rings. The lowest BCUT2D eigenvalue weighted by Gasteiger charge is -2.22. The summed E-state index contributed by atoms with van der Waals surface area (Å²) in [6, 6.07) is 4.46. The highest BCUT2D eigenvalue weighted by molar-refractivity contribution is 5.91. The van der Waals surface area contributed by atoms with Crippen molar-refractivity contribution in [1.29, 1.82) is 0 Å². The third-order valence-electron chi connectivity index (χ3n) is 5.88. The fourth-order valence-corrected chi connectivity index (χ4v) is 3.82. The molecule has 1 heterocycles. The van der Waals surface area contributed by atoms with Crippen LogP contribution in [0.15, 0.2) is 30.4 Å². The van der Waals surface area contributed by atoms with Crippen molar-refractivity contribution in [3.8, 4) is 11.8 Å². The topological polar surface area (TPSA) is 66.8 Å². The zero-order valence-electron chi connectivity index (χ0n) is 19.7. The van der Waals surface area contributed by atoms with Gasteiger partial charge in [0.1, 0.15) is 0 Å². The molecule has 1 aromatic carbocycles. The molecule has 0 aromatic heterocycles. The molecule has 1 saturated heterocycles. The summed E-state index contributed by atoms with van der Waals surface area (Å²) in [4.78, 5) is 25.4. The zero-order valence-corrected chi connectivity index (χ0v) is 19.7. The highest BCUT2D eigenvalue weighted by Crippen LogP contribution is 2.34. The van der Waals surface area contributed by atoms with Gasteiger partial charge in [-0.1, -0.05) is 45.1 Å². The van der Waals surface area contributed by atoms with E-state index in [9.17, 15) is 23.5 Å². The Morgan fingerprint density at radius 2 is 2.09 bits per heavy atom. The number of methoxy groups -OCH3 is 1. The first-order valence-corrected chi connectivity index (χ1v) is 11.4. The minimum absolute atomic E-state index is 0.109. The number of carbonyl (C=O) groups excluding carboxylic acids is 2. The molecule has 1 aliphatic heterocycles. The van der Waals surface area contributed by atoms with E-state index in [1.807, 2.05) is 26.8 Å². The number of ether oxygens (including phenoxy) is 1. The van der Waals surface area contributed by atoms with Crippen LogP contribution in [0, 0.1) is 17.8 Å². The summed E-state index contributed by atoms with van der Waals surface area (Å²) in [7, 11) is 1.32. The molecule has 1 aliphatic rings. The fraction of sp³-hybridized carbons (Fsp3) is 0.538. The second-order valence-electron chi connectivity index (χ2n) is 8.33. The minimum atomic E-state index is -3.43. The summed E-state index contributed by atoms with van der Waals surface area (Å²) in [5.74, 6) is 0.724. The first-order chi connectivity index (χ1) is 15.6. The lowest BCUT2D eigenvalue weighted by Crippen LogP contribution is -2.37. The Kier molecular flexibility index (Phi) is 9.60. The molecule has 7 heteroatoms. The van der Waals surface area contributed by atoms with Gasteiger partial charge in [0.25, 0.3) is 5.91 Å². The van der Waals surface area contributed by atoms with Crippen molar-refractivity contribution in [3.63, 3.8) is 0 Å². The van der Waals surface area contributed by atoms with Crippen molar-refractivity contribution in [3.05, 3.63) is 47.0 Å². The maximum Gasteiger partial charge on any atom is 0.338 e. The molecule has 1 unspecified atom stereocenters. The molecule has 33 heavy (non-hydrogen) atoms. The summed E-state index contributed by atoms with van der Waals surface area (Å²) < 4.78 is 33.2. The molecule has 2 rings (SSSR count). The predicted octanol–water partition coefficient (Wildman–Crippen LogP) is 4.17. The van der Waals surface area contributed by atoms with Gasteiger partial charge in [-0.25, -0.2) is 4.79 Å². The van der Waals surface area contributed by atoms with Crippen molar-refractivity contribution in [2.24, 2.45) is 5.92 Å². The number of aryl methyl sites for hydroxylation is 1. The largest absolute Gasteiger partial charge is 0.465 e. The number of benzene rings is 1. The maximum absolute atomic E-state index is 14.2. The molecule has 0 aliphatic carbocycles. The van der Waals surface area contributed by atoms with Crippen LogP contribution >= 0.6 is 0 Å². The van der Waals surface area contributed by atoms with E-state index in [4.69, 9.17) is 4.74 Å². The van der Waals surface area contributed by atoms with Crippen molar-refractivity contribution in [2.75, 3.05) is 13.7 Å². The highest BCUT2D eigenvalue weighted by atomic mass is 19.3. The van der Waals surface area contributed by atoms with E-state index in [0.717, 1.165) is 17.5 Å². The number of rotatable bonds is 9. The van der Waals surface area contributed by atoms with Gasteiger partial charge in [-0.2, -0.15) is 8.78 Å². The van der Waals surface area contributed by atoms with Crippen LogP contribution in [0.25, 0.3) is 0 Å². The van der Waals surface area contributed by atoms with Crippen molar-refractivity contribution in [2.45, 2.75) is 70.9 Å². The third kappa shape index (κ3) is 6.88. The van der Waals surface area contributed by atoms with Gasteiger partial charge in [-0.15, -0.1) is 11.8 Å². The SMILES string of the molecule is CCC#CCC(C)[C@@H](O)/C=C/[C@H]1CC(F)(F)C(=O)N1CCc1ccc(C(=O)OC)c(CC)c1. The van der Waals surface area contributed by atoms with Crippen LogP contribution in [0.5, 0.6) is 0 Å². The van der Waals surface area contributed by atoms with Crippen molar-refractivity contribution >= 4 is 11.9 Å². The molecule has 1 fully saturated rings. The van der Waals surface area contributed by atoms with E-state index in [1.54, 1.807) is 12.1 Å². The van der Waals surface area contributed by atoms with E-state index in [2.05, 4.69) is 11.8 Å². The number of hydrogen-bond donors (Lipinski definition) is 1. The Balaban J connectivity index is 2.11. The highest BCUT2D eigenvalue weighted by Gasteiger charge is 2.52. The molecule has 0 spiro atoms. The molecule has 0 radical (unpaired) electrons. The van der Waals surface area contributed by atoms with Gasteiger partial charge in [0, 0.05) is 25.8 Å². The standard InChI is InChI=1S/C26H33F2NO4/c1-5-7-8-9-18(3)23(30)13-11-21-17-26(27,28)25(32)29(21)15-14-19-10-12-22(24(31)33-4)20(6-2)16-19/h10-13,16,18,21,23,30H,5-6,9,14-15,17H2,1-4H3/b13-11+/t18?,21-,23-/m0/s1. The molecule has 3 atom stereocenters. The number of carbonyl (C=O) groups is 2. The number of nitrogens with zero attached hydrogens (tertiary/aromatic N) is 1. The average molecular weight is 462 g/mol. The van der Waals surface area contributed by atoms with E-state index >= 15 is 0 Å². The number of likely N-dealkylation sites (tertiary alicyclic amines) is 1. The van der Waals surface area contributed by atoms with Gasteiger partial charge < -0.3 is 14.7 Å². The van der Waals surface area contributed by atoms with Gasteiger partial charge in [0.15, 0.2) is 0 Å². The predicted molar refractivity (Wildman–Crippen MR) is 123 cm³/mol. The molecule has 5 nitrogen and oxygen atoms in total. The first kappa shape index (κ1) is 26.5. The van der Waals surface area contributed by atoms with E-state index in [-0.39, 0.29) is 12.5 Å². The zero-order chi connectivity index (χ0) is 24.6. The van der Waals surface area contributed by atoms with Gasteiger partial charge in [-0.05, 0) is 36.0 Å². The maximum atomic E-state index is 14.2. The Hall–Kier alpha value is -2.72. The number of esters is 1. The van der Waals surface area contributed by atoms with E-state index in [1.165, 1.54) is 24.2 Å². The summed E-state index contributed by atoms with van der Waals surface area (Å²) in [5.41, 5.74) is 2.12. The Bertz CT molecular complexity index is 932. The van der Waals surface area contributed by atoms with E-state index in [0.29, 0.717) is 24.8 Å². The second-order valence-corrected chi connectivity index (χ2v) is 8.33. The van der Waals surface area contributed by atoms with Crippen LogP contribution in [-0.4, -0.2) is 53.6 Å². The number of halogens is 2. The number of alkyl halides is 2. The molecule has 1 N–H and O–H groups in total. The lowest BCUT2D eigenvalue weighted by atomic mass is 9.99. The summed E-state index contributed by atoms with van der Waals surface area (Å²) in [6.45, 7) is 5.81. The van der Waals surface area contributed by atoms with Crippen LogP contribution < -0.4 is 0 Å². The van der Waals surface area contributed by atoms with Crippen LogP contribution in [0.4, 0.5) is 8.78 Å².